The molecule has 4 heteroatoms. The molecule has 0 aliphatic carbocycles. The number of carbonyl (C=O) groups is 1. The third-order valence-electron chi connectivity index (χ3n) is 2.10. The first-order valence-electron chi connectivity index (χ1n) is 6.46. The van der Waals surface area contributed by atoms with Crippen LogP contribution in [0.15, 0.2) is 24.3 Å². The summed E-state index contributed by atoms with van der Waals surface area (Å²) in [4.78, 5) is 10.8. The monoisotopic (exact) mass is 273 g/mol. The fourth-order valence-electron chi connectivity index (χ4n) is 1.29. The maximum atomic E-state index is 10.8. The van der Waals surface area contributed by atoms with Gasteiger partial charge in [0.2, 0.25) is 1.43 Å². The summed E-state index contributed by atoms with van der Waals surface area (Å²) in [5, 5.41) is 4.59. The number of carbonyl (C=O) groups excluding carboxylic acids is 1. The van der Waals surface area contributed by atoms with Crippen molar-refractivity contribution in [2.75, 3.05) is 12.0 Å². The van der Waals surface area contributed by atoms with E-state index in [9.17, 15) is 4.79 Å². The summed E-state index contributed by atoms with van der Waals surface area (Å²) in [6.45, 7) is 5.52. The molecule has 1 aromatic carbocycles. The predicted octanol–water partition coefficient (Wildman–Crippen LogP) is 3.24. The second-order valence-corrected chi connectivity index (χ2v) is 3.36. The first-order chi connectivity index (χ1) is 9.15. The second kappa shape index (κ2) is 12.5. The van der Waals surface area contributed by atoms with E-state index in [0.29, 0.717) is 18.5 Å². The second-order valence-electron chi connectivity index (χ2n) is 3.36. The third-order valence-corrected chi connectivity index (χ3v) is 2.10. The van der Waals surface area contributed by atoms with E-state index >= 15 is 0 Å². The largest absolute Gasteiger partial charge is 0.398 e. The number of para-hydroxylation sites is 1. The first-order valence-corrected chi connectivity index (χ1v) is 6.95. The van der Waals surface area contributed by atoms with Crippen LogP contribution in [-0.2, 0) is 4.79 Å². The highest BCUT2D eigenvalue weighted by molar-refractivity contribution is 7.79. The molecule has 1 unspecified atom stereocenters. The third kappa shape index (κ3) is 8.14. The smallest absolute Gasteiger partial charge is 0.211 e. The number of ketones is 1. The van der Waals surface area contributed by atoms with Gasteiger partial charge in [0.15, 0.2) is 0 Å². The standard InChI is InChI=1S/C11H15NO2.C2H6.CH4S/c1-8(13)6-7-11(14)9-4-2-3-5-10(9)12;2*1-2/h2-5,11,14H,6-7,12H2,1H3;1-2H3;2H,1H3/i14T;;. The summed E-state index contributed by atoms with van der Waals surface area (Å²) in [7, 11) is 0. The van der Waals surface area contributed by atoms with Crippen LogP contribution in [0.2, 0.25) is 0 Å². The molecule has 1 aromatic rings. The lowest BCUT2D eigenvalue weighted by molar-refractivity contribution is -0.117. The van der Waals surface area contributed by atoms with Gasteiger partial charge in [-0.15, -0.1) is 0 Å². The Morgan fingerprint density at radius 1 is 1.44 bits per heavy atom. The molecule has 0 heterocycles. The number of aliphatic hydroxyl groups excluding tert-OH is 1. The highest BCUT2D eigenvalue weighted by Crippen LogP contribution is 2.23. The van der Waals surface area contributed by atoms with Crippen LogP contribution in [-0.4, -0.2) is 18.6 Å². The van der Waals surface area contributed by atoms with Crippen molar-refractivity contribution in [3.05, 3.63) is 29.8 Å². The number of hydrogen-bond donors (Lipinski definition) is 3. The van der Waals surface area contributed by atoms with Gasteiger partial charge in [0.25, 0.3) is 0 Å². The molecule has 0 aromatic heterocycles. The quantitative estimate of drug-likeness (QED) is 0.570. The fraction of sp³-hybridized carbons (Fsp3) is 0.500. The maximum absolute atomic E-state index is 10.8. The van der Waals surface area contributed by atoms with E-state index in [2.05, 4.69) is 17.7 Å². The van der Waals surface area contributed by atoms with Gasteiger partial charge in [0.05, 0.1) is 6.10 Å². The number of nitrogen functional groups attached to an aromatic ring is 1. The number of anilines is 1. The van der Waals surface area contributed by atoms with Gasteiger partial charge in [0, 0.05) is 17.7 Å². The maximum Gasteiger partial charge on any atom is 0.211 e. The molecule has 0 bridgehead atoms. The molecule has 0 saturated carbocycles. The summed E-state index contributed by atoms with van der Waals surface area (Å²) in [6, 6.07) is 7.24. The molecule has 3 N–H and O–H groups in total. The van der Waals surface area contributed by atoms with Crippen molar-refractivity contribution in [1.29, 1.82) is 1.43 Å². The van der Waals surface area contributed by atoms with Gasteiger partial charge >= 0.3 is 0 Å². The molecular weight excluding hydrogens is 246 g/mol. The fourth-order valence-corrected chi connectivity index (χ4v) is 1.29. The number of Topliss-reactive ketones (excluding diaryl/α,β-unsaturated/α-hetero) is 1. The lowest BCUT2D eigenvalue weighted by atomic mass is 10.0. The molecule has 18 heavy (non-hydrogen) atoms. The molecule has 3 nitrogen and oxygen atoms in total. The van der Waals surface area contributed by atoms with Crippen molar-refractivity contribution in [3.63, 3.8) is 0 Å². The minimum Gasteiger partial charge on any atom is -0.398 e. The summed E-state index contributed by atoms with van der Waals surface area (Å²) in [5.74, 6) is 0.0894. The van der Waals surface area contributed by atoms with Crippen molar-refractivity contribution in [2.45, 2.75) is 39.7 Å². The Labute approximate surface area is 117 Å². The summed E-state index contributed by atoms with van der Waals surface area (Å²) in [6.07, 6.45) is 2.17. The molecule has 0 aliphatic heterocycles. The molecule has 1 rings (SSSR count). The molecular formula is C14H25NO2S. The Kier molecular flexibility index (Phi) is 11.8. The summed E-state index contributed by atoms with van der Waals surface area (Å²) < 4.78 is 6.97. The van der Waals surface area contributed by atoms with Crippen LogP contribution in [0.4, 0.5) is 5.69 Å². The van der Waals surface area contributed by atoms with E-state index in [1.807, 2.05) is 32.0 Å². The van der Waals surface area contributed by atoms with Crippen LogP contribution < -0.4 is 5.73 Å². The molecule has 0 aliphatic rings. The summed E-state index contributed by atoms with van der Waals surface area (Å²) in [5.41, 5.74) is 7.12. The first kappa shape index (κ1) is 17.0. The molecule has 0 spiro atoms. The predicted molar refractivity (Wildman–Crippen MR) is 82.0 cm³/mol. The molecule has 1 atom stereocenters. The van der Waals surface area contributed by atoms with Crippen molar-refractivity contribution in [1.82, 2.24) is 0 Å². The molecule has 104 valence electrons. The lowest BCUT2D eigenvalue weighted by Crippen LogP contribution is -2.03. The number of rotatable bonds is 5. The molecule has 0 fully saturated rings. The van der Waals surface area contributed by atoms with Crippen LogP contribution >= 0.6 is 12.6 Å². The van der Waals surface area contributed by atoms with Gasteiger partial charge in [-0.05, 0) is 25.7 Å². The number of aliphatic hydroxyl groups is 1. The Morgan fingerprint density at radius 2 is 2.00 bits per heavy atom. The highest BCUT2D eigenvalue weighted by Gasteiger charge is 2.10. The van der Waals surface area contributed by atoms with Gasteiger partial charge in [-0.1, -0.05) is 32.0 Å². The topological polar surface area (TPSA) is 63.3 Å². The SMILES string of the molecule is CC.CS.[3H]OC(CCC(C)=O)c1ccccc1N. The normalized spacial score (nSPS) is 11.1. The van der Waals surface area contributed by atoms with E-state index in [1.165, 1.54) is 6.92 Å². The van der Waals surface area contributed by atoms with Gasteiger partial charge < -0.3 is 15.6 Å². The van der Waals surface area contributed by atoms with Crippen LogP contribution in [0.3, 0.4) is 0 Å². The van der Waals surface area contributed by atoms with Crippen LogP contribution in [0.5, 0.6) is 0 Å². The highest BCUT2D eigenvalue weighted by atomic mass is 32.1. The zero-order valence-corrected chi connectivity index (χ0v) is 12.5. The zero-order valence-electron chi connectivity index (χ0n) is 12.6. The van der Waals surface area contributed by atoms with Crippen molar-refractivity contribution in [2.24, 2.45) is 0 Å². The Hall–Kier alpha value is -1.00. The van der Waals surface area contributed by atoms with Gasteiger partial charge in [-0.3, -0.25) is 0 Å². The number of thiol groups is 1. The Bertz CT molecular complexity index is 348. The zero-order chi connectivity index (χ0) is 15.3. The van der Waals surface area contributed by atoms with Crippen molar-refractivity contribution < 1.29 is 9.90 Å². The van der Waals surface area contributed by atoms with E-state index in [0.717, 1.165) is 5.56 Å². The Balaban J connectivity index is 0. The minimum atomic E-state index is -0.421. The Morgan fingerprint density at radius 3 is 2.44 bits per heavy atom. The van der Waals surface area contributed by atoms with E-state index in [-0.39, 0.29) is 5.78 Å². The molecule has 0 saturated heterocycles. The van der Waals surface area contributed by atoms with Crippen LogP contribution in [0.25, 0.3) is 0 Å². The van der Waals surface area contributed by atoms with E-state index in [4.69, 9.17) is 7.16 Å². The number of benzene rings is 1. The lowest BCUT2D eigenvalue weighted by Gasteiger charge is -2.11. The van der Waals surface area contributed by atoms with Crippen molar-refractivity contribution in [3.8, 4) is 0 Å². The average Bonchev–Trinajstić information content (AvgIpc) is 2.45. The van der Waals surface area contributed by atoms with Gasteiger partial charge in [-0.2, -0.15) is 12.6 Å². The minimum absolute atomic E-state index is 0.0894. The molecule has 0 radical (unpaired) electrons. The average molecular weight is 273 g/mol. The van der Waals surface area contributed by atoms with E-state index < -0.39 is 6.10 Å². The van der Waals surface area contributed by atoms with E-state index in [1.54, 1.807) is 12.3 Å². The van der Waals surface area contributed by atoms with Crippen LogP contribution in [0, 0.1) is 0 Å². The molecule has 0 amide bonds. The number of nitrogens with two attached hydrogens (primary N) is 1. The summed E-state index contributed by atoms with van der Waals surface area (Å²) >= 11 is 3.53. The number of hydrogen-bond acceptors (Lipinski definition) is 4. The van der Waals surface area contributed by atoms with Gasteiger partial charge in [-0.25, -0.2) is 0 Å². The van der Waals surface area contributed by atoms with Crippen molar-refractivity contribution >= 4 is 24.1 Å². The van der Waals surface area contributed by atoms with Crippen LogP contribution in [0.1, 0.15) is 45.3 Å². The van der Waals surface area contributed by atoms with Gasteiger partial charge in [0.1, 0.15) is 5.78 Å².